The molecule has 0 radical (unpaired) electrons. The molecule has 2 saturated carbocycles. The minimum atomic E-state index is 0.338. The van der Waals surface area contributed by atoms with Crippen LogP contribution in [0.2, 0.25) is 0 Å². The van der Waals surface area contributed by atoms with Crippen molar-refractivity contribution in [2.45, 2.75) is 98.3 Å². The second-order valence-electron chi connectivity index (χ2n) is 9.68. The summed E-state index contributed by atoms with van der Waals surface area (Å²) < 4.78 is 0. The van der Waals surface area contributed by atoms with E-state index in [1.165, 1.54) is 51.4 Å². The van der Waals surface area contributed by atoms with Crippen LogP contribution in [0.15, 0.2) is 0 Å². The van der Waals surface area contributed by atoms with Gasteiger partial charge in [-0.15, -0.1) is 15.8 Å². The Balaban J connectivity index is 1.97. The predicted molar refractivity (Wildman–Crippen MR) is 130 cm³/mol. The summed E-state index contributed by atoms with van der Waals surface area (Å²) in [6.07, 6.45) is 26.2. The van der Waals surface area contributed by atoms with E-state index in [0.29, 0.717) is 15.8 Å². The number of hydrogen-bond acceptors (Lipinski definition) is 0. The molecule has 2 fully saturated rings. The zero-order chi connectivity index (χ0) is 19.5. The van der Waals surface area contributed by atoms with Crippen molar-refractivity contribution in [2.24, 2.45) is 23.7 Å². The normalized spacial score (nSPS) is 27.3. The zero-order valence-electron chi connectivity index (χ0n) is 19.2. The van der Waals surface area contributed by atoms with Gasteiger partial charge in [0.1, 0.15) is 0 Å². The molecular weight excluding hydrogens is 362 g/mol. The molecule has 27 heavy (non-hydrogen) atoms. The van der Waals surface area contributed by atoms with E-state index in [1.807, 2.05) is 0 Å². The number of fused-ring (bicyclic) bond motifs is 2. The molecule has 0 N–H and O–H groups in total. The lowest BCUT2D eigenvalue weighted by Gasteiger charge is -2.36. The highest BCUT2D eigenvalue weighted by molar-refractivity contribution is 7.58. The van der Waals surface area contributed by atoms with E-state index in [1.54, 1.807) is 56.2 Å². The molecule has 0 aromatic carbocycles. The molecule has 0 nitrogen and oxygen atoms in total. The molecular formula is C25H50P2. The SMILES string of the molecule is CCCCP(CCCC)C[C@@H]1C2CCC(C2)[C@@H]1CP(CCCC)CCCC. The maximum Gasteiger partial charge on any atom is -0.0292 e. The molecule has 0 amide bonds. The van der Waals surface area contributed by atoms with E-state index in [-0.39, 0.29) is 0 Å². The van der Waals surface area contributed by atoms with Gasteiger partial charge in [0.25, 0.3) is 0 Å². The largest absolute Gasteiger partial charge is 0.106 e. The van der Waals surface area contributed by atoms with Gasteiger partial charge in [-0.1, -0.05) is 53.4 Å². The number of hydrogen-bond donors (Lipinski definition) is 0. The lowest BCUT2D eigenvalue weighted by molar-refractivity contribution is 0.266. The first kappa shape index (κ1) is 24.1. The molecule has 0 aromatic heterocycles. The minimum Gasteiger partial charge on any atom is -0.106 e. The first-order valence-corrected chi connectivity index (χ1v) is 16.5. The third kappa shape index (κ3) is 7.89. The molecule has 2 unspecified atom stereocenters. The van der Waals surface area contributed by atoms with Gasteiger partial charge in [-0.2, -0.15) is 0 Å². The van der Waals surface area contributed by atoms with Gasteiger partial charge in [-0.05, 0) is 106 Å². The topological polar surface area (TPSA) is 0 Å². The summed E-state index contributed by atoms with van der Waals surface area (Å²) in [6.45, 7) is 9.56. The fraction of sp³-hybridized carbons (Fsp3) is 1.00. The Morgan fingerprint density at radius 2 is 0.889 bits per heavy atom. The van der Waals surface area contributed by atoms with Crippen molar-refractivity contribution in [3.63, 3.8) is 0 Å². The van der Waals surface area contributed by atoms with Gasteiger partial charge in [0.2, 0.25) is 0 Å². The monoisotopic (exact) mass is 412 g/mol. The van der Waals surface area contributed by atoms with Gasteiger partial charge >= 0.3 is 0 Å². The fourth-order valence-corrected chi connectivity index (χ4v) is 12.4. The van der Waals surface area contributed by atoms with Crippen LogP contribution >= 0.6 is 15.8 Å². The predicted octanol–water partition coefficient (Wildman–Crippen LogP) is 8.81. The van der Waals surface area contributed by atoms with Crippen LogP contribution in [0.4, 0.5) is 0 Å². The van der Waals surface area contributed by atoms with Crippen LogP contribution in [-0.2, 0) is 0 Å². The Labute approximate surface area is 174 Å². The van der Waals surface area contributed by atoms with Gasteiger partial charge < -0.3 is 0 Å². The summed E-state index contributed by atoms with van der Waals surface area (Å²) in [6, 6.07) is 0. The van der Waals surface area contributed by atoms with E-state index in [0.717, 1.165) is 23.7 Å². The summed E-state index contributed by atoms with van der Waals surface area (Å²) in [5.74, 6) is 4.58. The molecule has 0 saturated heterocycles. The van der Waals surface area contributed by atoms with Crippen molar-refractivity contribution in [3.8, 4) is 0 Å². The van der Waals surface area contributed by atoms with E-state index in [2.05, 4.69) is 27.7 Å². The van der Waals surface area contributed by atoms with Crippen molar-refractivity contribution in [1.29, 1.82) is 0 Å². The van der Waals surface area contributed by atoms with E-state index >= 15 is 0 Å². The molecule has 4 atom stereocenters. The number of unbranched alkanes of at least 4 members (excludes halogenated alkanes) is 4. The van der Waals surface area contributed by atoms with Crippen molar-refractivity contribution < 1.29 is 0 Å². The summed E-state index contributed by atoms with van der Waals surface area (Å²) in [4.78, 5) is 0. The van der Waals surface area contributed by atoms with Gasteiger partial charge in [-0.25, -0.2) is 0 Å². The van der Waals surface area contributed by atoms with Gasteiger partial charge in [-0.3, -0.25) is 0 Å². The first-order valence-electron chi connectivity index (χ1n) is 12.7. The lowest BCUT2D eigenvalue weighted by atomic mass is 9.81. The van der Waals surface area contributed by atoms with Crippen LogP contribution in [0.25, 0.3) is 0 Å². The minimum absolute atomic E-state index is 0.338. The van der Waals surface area contributed by atoms with Crippen molar-refractivity contribution in [3.05, 3.63) is 0 Å². The molecule has 2 heteroatoms. The molecule has 0 aliphatic heterocycles. The Kier molecular flexibility index (Phi) is 12.5. The molecule has 0 heterocycles. The highest BCUT2D eigenvalue weighted by Gasteiger charge is 2.47. The Bertz CT molecular complexity index is 319. The van der Waals surface area contributed by atoms with Crippen molar-refractivity contribution in [1.82, 2.24) is 0 Å². The Morgan fingerprint density at radius 1 is 0.556 bits per heavy atom. The highest BCUT2D eigenvalue weighted by Crippen LogP contribution is 2.59. The maximum atomic E-state index is 2.39. The second kappa shape index (κ2) is 14.0. The van der Waals surface area contributed by atoms with Crippen LogP contribution < -0.4 is 0 Å². The fourth-order valence-electron chi connectivity index (χ4n) is 5.81. The lowest BCUT2D eigenvalue weighted by Crippen LogP contribution is -2.28. The average Bonchev–Trinajstić information content (AvgIpc) is 3.28. The van der Waals surface area contributed by atoms with E-state index in [4.69, 9.17) is 0 Å². The second-order valence-corrected chi connectivity index (χ2v) is 14.9. The van der Waals surface area contributed by atoms with Crippen molar-refractivity contribution in [2.75, 3.05) is 37.0 Å². The molecule has 2 rings (SSSR count). The standard InChI is InChI=1S/C25H50P2/c1-5-9-15-26(16-10-6-2)20-24-22-13-14-23(19-22)25(24)21-27(17-11-7-3)18-12-8-4/h22-25H,5-21H2,1-4H3/t22?,23?,24-,25+. The molecule has 2 aliphatic carbocycles. The highest BCUT2D eigenvalue weighted by atomic mass is 31.1. The van der Waals surface area contributed by atoms with Crippen LogP contribution in [-0.4, -0.2) is 37.0 Å². The average molecular weight is 413 g/mol. The summed E-state index contributed by atoms with van der Waals surface area (Å²) in [5, 5.41) is 0. The maximum absolute atomic E-state index is 2.39. The quantitative estimate of drug-likeness (QED) is 0.222. The van der Waals surface area contributed by atoms with Gasteiger partial charge in [0, 0.05) is 0 Å². The van der Waals surface area contributed by atoms with Crippen LogP contribution in [0, 0.1) is 23.7 Å². The molecule has 2 bridgehead atoms. The molecule has 0 aromatic rings. The summed E-state index contributed by atoms with van der Waals surface area (Å²) in [7, 11) is 0.677. The van der Waals surface area contributed by atoms with Crippen molar-refractivity contribution >= 4 is 15.8 Å². The number of rotatable bonds is 16. The zero-order valence-corrected chi connectivity index (χ0v) is 21.0. The van der Waals surface area contributed by atoms with Crippen LogP contribution in [0.3, 0.4) is 0 Å². The Morgan fingerprint density at radius 3 is 1.19 bits per heavy atom. The summed E-state index contributed by atoms with van der Waals surface area (Å²) >= 11 is 0. The third-order valence-corrected chi connectivity index (χ3v) is 13.2. The third-order valence-electron chi connectivity index (χ3n) is 7.52. The van der Waals surface area contributed by atoms with E-state index in [9.17, 15) is 0 Å². The molecule has 0 spiro atoms. The van der Waals surface area contributed by atoms with Gasteiger partial charge in [0.05, 0.1) is 0 Å². The smallest absolute Gasteiger partial charge is 0.0292 e. The van der Waals surface area contributed by atoms with Crippen LogP contribution in [0.1, 0.15) is 98.3 Å². The van der Waals surface area contributed by atoms with Gasteiger partial charge in [0.15, 0.2) is 0 Å². The molecule has 2 aliphatic rings. The Hall–Kier alpha value is 0.860. The molecule has 160 valence electrons. The first-order chi connectivity index (χ1) is 13.2. The van der Waals surface area contributed by atoms with Crippen LogP contribution in [0.5, 0.6) is 0 Å². The van der Waals surface area contributed by atoms with E-state index < -0.39 is 0 Å². The summed E-state index contributed by atoms with van der Waals surface area (Å²) in [5.41, 5.74) is 0.